The maximum atomic E-state index is 12.9. The molecule has 2 unspecified atom stereocenters. The highest BCUT2D eigenvalue weighted by Gasteiger charge is 2.31. The lowest BCUT2D eigenvalue weighted by molar-refractivity contribution is 0.0917. The molecule has 1 aliphatic rings. The van der Waals surface area contributed by atoms with Gasteiger partial charge in [-0.2, -0.15) is 4.31 Å². The van der Waals surface area contributed by atoms with Crippen molar-refractivity contribution < 1.29 is 22.4 Å². The van der Waals surface area contributed by atoms with Gasteiger partial charge in [0, 0.05) is 31.8 Å². The van der Waals surface area contributed by atoms with Crippen molar-refractivity contribution in [3.8, 4) is 0 Å². The molecule has 164 valence electrons. The number of nitrogens with zero attached hydrogens (tertiary/aromatic N) is 1. The van der Waals surface area contributed by atoms with Gasteiger partial charge in [-0.05, 0) is 61.1 Å². The Morgan fingerprint density at radius 2 is 1.87 bits per heavy atom. The number of benzene rings is 1. The van der Waals surface area contributed by atoms with E-state index in [1.165, 1.54) is 12.1 Å². The summed E-state index contributed by atoms with van der Waals surface area (Å²) in [4.78, 5) is 12.5. The van der Waals surface area contributed by atoms with Crippen molar-refractivity contribution in [2.45, 2.75) is 38.2 Å². The lowest BCUT2D eigenvalue weighted by Gasteiger charge is -2.34. The van der Waals surface area contributed by atoms with Crippen LogP contribution in [0.3, 0.4) is 0 Å². The van der Waals surface area contributed by atoms with Crippen LogP contribution in [-0.4, -0.2) is 44.9 Å². The van der Waals surface area contributed by atoms with Gasteiger partial charge in [-0.15, -0.1) is 0 Å². The Balaban J connectivity index is 1.46. The zero-order chi connectivity index (χ0) is 21.6. The Hall–Kier alpha value is -2.16. The Kier molecular flexibility index (Phi) is 7.69. The summed E-state index contributed by atoms with van der Waals surface area (Å²) in [6.45, 7) is 6.62. The first-order valence-electron chi connectivity index (χ1n) is 10.3. The highest BCUT2D eigenvalue weighted by Crippen LogP contribution is 2.26. The van der Waals surface area contributed by atoms with Gasteiger partial charge in [0.25, 0.3) is 5.91 Å². The number of hydrogen-bond donors (Lipinski definition) is 1. The average Bonchev–Trinajstić information content (AvgIpc) is 3.23. The largest absolute Gasteiger partial charge is 0.467 e. The molecule has 1 saturated heterocycles. The molecule has 0 bridgehead atoms. The molecule has 2 atom stereocenters. The van der Waals surface area contributed by atoms with Gasteiger partial charge in [0.05, 0.1) is 11.2 Å². The van der Waals surface area contributed by atoms with Crippen LogP contribution in [0.4, 0.5) is 0 Å². The third-order valence-corrected chi connectivity index (χ3v) is 7.01. The van der Waals surface area contributed by atoms with Gasteiger partial charge in [-0.3, -0.25) is 4.79 Å². The smallest absolute Gasteiger partial charge is 0.251 e. The number of carbonyl (C=O) groups excluding carboxylic acids is 1. The van der Waals surface area contributed by atoms with Crippen LogP contribution in [0, 0.1) is 11.8 Å². The molecular formula is C22H30N2O5S. The summed E-state index contributed by atoms with van der Waals surface area (Å²) in [5.74, 6) is 1.22. The zero-order valence-corrected chi connectivity index (χ0v) is 18.4. The molecule has 30 heavy (non-hydrogen) atoms. The first kappa shape index (κ1) is 22.5. The van der Waals surface area contributed by atoms with Crippen LogP contribution in [0.25, 0.3) is 0 Å². The number of carbonyl (C=O) groups is 1. The van der Waals surface area contributed by atoms with Crippen molar-refractivity contribution in [3.05, 3.63) is 54.0 Å². The lowest BCUT2D eigenvalue weighted by atomic mass is 9.94. The number of amides is 1. The van der Waals surface area contributed by atoms with E-state index in [0.717, 1.165) is 12.2 Å². The topological polar surface area (TPSA) is 88.9 Å². The molecule has 1 aromatic carbocycles. The van der Waals surface area contributed by atoms with Crippen LogP contribution < -0.4 is 5.32 Å². The van der Waals surface area contributed by atoms with Gasteiger partial charge in [0.1, 0.15) is 12.4 Å². The zero-order valence-electron chi connectivity index (χ0n) is 17.5. The standard InChI is InChI=1S/C22H30N2O5S/c1-17-13-18(2)15-24(14-17)30(26,27)21-8-6-19(7-9-21)22(25)23-10-4-11-28-16-20-5-3-12-29-20/h3,5-9,12,17-18H,4,10-11,13-16H2,1-2H3,(H,23,25). The Morgan fingerprint density at radius 3 is 2.50 bits per heavy atom. The highest BCUT2D eigenvalue weighted by molar-refractivity contribution is 7.89. The summed E-state index contributed by atoms with van der Waals surface area (Å²) in [5, 5.41) is 2.82. The molecule has 2 heterocycles. The Morgan fingerprint density at radius 1 is 1.17 bits per heavy atom. The van der Waals surface area contributed by atoms with Gasteiger partial charge in [-0.1, -0.05) is 13.8 Å². The minimum Gasteiger partial charge on any atom is -0.467 e. The molecule has 1 aliphatic heterocycles. The minimum atomic E-state index is -3.54. The SMILES string of the molecule is CC1CC(C)CN(S(=O)(=O)c2ccc(C(=O)NCCCOCc3ccco3)cc2)C1. The maximum absolute atomic E-state index is 12.9. The van der Waals surface area contributed by atoms with Crippen LogP contribution >= 0.6 is 0 Å². The fourth-order valence-corrected chi connectivity index (χ4v) is 5.45. The molecule has 1 amide bonds. The van der Waals surface area contributed by atoms with Crippen LogP contribution in [0.15, 0.2) is 52.0 Å². The van der Waals surface area contributed by atoms with E-state index < -0.39 is 10.0 Å². The summed E-state index contributed by atoms with van der Waals surface area (Å²) in [5.41, 5.74) is 0.436. The van der Waals surface area contributed by atoms with E-state index in [1.807, 2.05) is 12.1 Å². The summed E-state index contributed by atoms with van der Waals surface area (Å²) in [6.07, 6.45) is 3.31. The summed E-state index contributed by atoms with van der Waals surface area (Å²) in [7, 11) is -3.54. The second-order valence-electron chi connectivity index (χ2n) is 8.03. The number of hydrogen-bond acceptors (Lipinski definition) is 5. The van der Waals surface area contributed by atoms with E-state index in [1.54, 1.807) is 22.7 Å². The fourth-order valence-electron chi connectivity index (χ4n) is 3.78. The van der Waals surface area contributed by atoms with Crippen molar-refractivity contribution in [1.82, 2.24) is 9.62 Å². The van der Waals surface area contributed by atoms with E-state index in [0.29, 0.717) is 56.7 Å². The molecule has 7 nitrogen and oxygen atoms in total. The van der Waals surface area contributed by atoms with Crippen molar-refractivity contribution >= 4 is 15.9 Å². The van der Waals surface area contributed by atoms with Gasteiger partial charge in [0.2, 0.25) is 10.0 Å². The summed E-state index contributed by atoms with van der Waals surface area (Å²) < 4.78 is 38.1. The molecule has 0 aliphatic carbocycles. The van der Waals surface area contributed by atoms with Crippen LogP contribution in [0.1, 0.15) is 42.8 Å². The third-order valence-electron chi connectivity index (χ3n) is 5.17. The molecule has 1 aromatic heterocycles. The van der Waals surface area contributed by atoms with Crippen molar-refractivity contribution in [3.63, 3.8) is 0 Å². The van der Waals surface area contributed by atoms with Gasteiger partial charge >= 0.3 is 0 Å². The minimum absolute atomic E-state index is 0.228. The second kappa shape index (κ2) is 10.2. The van der Waals surface area contributed by atoms with Gasteiger partial charge in [-0.25, -0.2) is 8.42 Å². The first-order chi connectivity index (χ1) is 14.4. The van der Waals surface area contributed by atoms with Crippen LogP contribution in [0.5, 0.6) is 0 Å². The third kappa shape index (κ3) is 5.93. The quantitative estimate of drug-likeness (QED) is 0.612. The predicted molar refractivity (Wildman–Crippen MR) is 113 cm³/mol. The van der Waals surface area contributed by atoms with Crippen molar-refractivity contribution in [2.75, 3.05) is 26.2 Å². The van der Waals surface area contributed by atoms with Gasteiger partial charge < -0.3 is 14.5 Å². The molecule has 0 radical (unpaired) electrons. The number of furan rings is 1. The van der Waals surface area contributed by atoms with E-state index >= 15 is 0 Å². The summed E-state index contributed by atoms with van der Waals surface area (Å²) in [6, 6.07) is 9.81. The maximum Gasteiger partial charge on any atom is 0.251 e. The van der Waals surface area contributed by atoms with E-state index in [-0.39, 0.29) is 10.8 Å². The van der Waals surface area contributed by atoms with E-state index in [2.05, 4.69) is 19.2 Å². The monoisotopic (exact) mass is 434 g/mol. The Bertz CT molecular complexity index is 900. The number of rotatable bonds is 9. The number of sulfonamides is 1. The average molecular weight is 435 g/mol. The fraction of sp³-hybridized carbons (Fsp3) is 0.500. The normalized spacial score (nSPS) is 20.2. The lowest BCUT2D eigenvalue weighted by Crippen LogP contribution is -2.42. The van der Waals surface area contributed by atoms with Crippen molar-refractivity contribution in [2.24, 2.45) is 11.8 Å². The second-order valence-corrected chi connectivity index (χ2v) is 9.97. The van der Waals surface area contributed by atoms with E-state index in [9.17, 15) is 13.2 Å². The molecule has 8 heteroatoms. The first-order valence-corrected chi connectivity index (χ1v) is 11.8. The predicted octanol–water partition coefficient (Wildman–Crippen LogP) is 3.28. The Labute approximate surface area is 178 Å². The number of nitrogens with one attached hydrogen (secondary N) is 1. The van der Waals surface area contributed by atoms with Crippen molar-refractivity contribution in [1.29, 1.82) is 0 Å². The molecule has 0 spiro atoms. The number of ether oxygens (including phenoxy) is 1. The van der Waals surface area contributed by atoms with Gasteiger partial charge in [0.15, 0.2) is 0 Å². The van der Waals surface area contributed by atoms with Crippen LogP contribution in [0.2, 0.25) is 0 Å². The van der Waals surface area contributed by atoms with E-state index in [4.69, 9.17) is 9.15 Å². The number of piperidine rings is 1. The van der Waals surface area contributed by atoms with Crippen LogP contribution in [-0.2, 0) is 21.4 Å². The summed E-state index contributed by atoms with van der Waals surface area (Å²) >= 11 is 0. The molecule has 1 N–H and O–H groups in total. The molecule has 0 saturated carbocycles. The molecular weight excluding hydrogens is 404 g/mol. The molecule has 1 fully saturated rings. The molecule has 3 rings (SSSR count). The highest BCUT2D eigenvalue weighted by atomic mass is 32.2. The molecule has 2 aromatic rings.